The van der Waals surface area contributed by atoms with Gasteiger partial charge in [-0.2, -0.15) is 0 Å². The molecule has 0 unspecified atom stereocenters. The average molecular weight is 497 g/mol. The van der Waals surface area contributed by atoms with E-state index in [9.17, 15) is 9.18 Å². The minimum absolute atomic E-state index is 0.111. The molecule has 4 N–H and O–H groups in total. The fourth-order valence-electron chi connectivity index (χ4n) is 3.93. The summed E-state index contributed by atoms with van der Waals surface area (Å²) in [7, 11) is 0. The second-order valence-electron chi connectivity index (χ2n) is 9.44. The Morgan fingerprint density at radius 3 is 2.64 bits per heavy atom. The highest BCUT2D eigenvalue weighted by atomic mass is 19.1. The van der Waals surface area contributed by atoms with Gasteiger partial charge in [-0.05, 0) is 56.0 Å². The fourth-order valence-corrected chi connectivity index (χ4v) is 3.93. The zero-order chi connectivity index (χ0) is 25.1. The lowest BCUT2D eigenvalue weighted by molar-refractivity contribution is -0.231. The van der Waals surface area contributed by atoms with E-state index in [0.29, 0.717) is 40.3 Å². The van der Waals surface area contributed by atoms with Gasteiger partial charge in [-0.1, -0.05) is 0 Å². The summed E-state index contributed by atoms with van der Waals surface area (Å²) in [5.41, 5.74) is 1.61. The number of benzene rings is 1. The quantitative estimate of drug-likeness (QED) is 0.355. The fraction of sp³-hybridized carbons (Fsp3) is 0.440. The molecule has 1 aliphatic carbocycles. The zero-order valence-electron chi connectivity index (χ0n) is 20.0. The molecule has 1 aromatic carbocycles. The van der Waals surface area contributed by atoms with Crippen LogP contribution in [0, 0.1) is 17.2 Å². The second kappa shape index (κ2) is 10.3. The summed E-state index contributed by atoms with van der Waals surface area (Å²) in [6.07, 6.45) is 3.28. The van der Waals surface area contributed by atoms with Gasteiger partial charge in [0, 0.05) is 24.8 Å². The highest BCUT2D eigenvalue weighted by Crippen LogP contribution is 2.36. The maximum atomic E-state index is 13.6. The molecule has 0 atom stereocenters. The summed E-state index contributed by atoms with van der Waals surface area (Å²) in [6, 6.07) is 7.83. The van der Waals surface area contributed by atoms with Crippen molar-refractivity contribution >= 4 is 11.9 Å². The van der Waals surface area contributed by atoms with Crippen molar-refractivity contribution in [3.8, 4) is 22.6 Å². The van der Waals surface area contributed by atoms with Crippen molar-refractivity contribution < 1.29 is 23.8 Å². The molecule has 5 rings (SSSR count). The molecule has 3 aromatic rings. The number of aromatic amines is 1. The van der Waals surface area contributed by atoms with Crippen LogP contribution < -0.4 is 10.6 Å². The normalized spacial score (nSPS) is 21.8. The Morgan fingerprint density at radius 1 is 1.19 bits per heavy atom. The predicted molar refractivity (Wildman–Crippen MR) is 129 cm³/mol. The van der Waals surface area contributed by atoms with Crippen molar-refractivity contribution in [2.75, 3.05) is 38.2 Å². The van der Waals surface area contributed by atoms with E-state index < -0.39 is 11.7 Å². The van der Waals surface area contributed by atoms with Crippen molar-refractivity contribution in [1.82, 2.24) is 25.3 Å². The smallest absolute Gasteiger partial charge is 0.230 e. The molecule has 2 aliphatic rings. The van der Waals surface area contributed by atoms with Crippen LogP contribution in [0.4, 0.5) is 10.3 Å². The van der Waals surface area contributed by atoms with Crippen molar-refractivity contribution in [2.24, 2.45) is 11.3 Å². The predicted octanol–water partition coefficient (Wildman–Crippen LogP) is 2.65. The first kappa shape index (κ1) is 24.3. The van der Waals surface area contributed by atoms with E-state index in [0.717, 1.165) is 6.54 Å². The number of H-pyrrole nitrogens is 1. The SMILES string of the molecule is CC1(C(=O)NCCO)COC(c2nc(-c3ccc(F)cc3)c(-c3ccnc(NCC4CC4)n3)[nH]2)OC1. The van der Waals surface area contributed by atoms with Gasteiger partial charge in [-0.3, -0.25) is 4.79 Å². The minimum atomic E-state index is -0.893. The van der Waals surface area contributed by atoms with Crippen molar-refractivity contribution in [1.29, 1.82) is 0 Å². The van der Waals surface area contributed by atoms with Gasteiger partial charge in [0.15, 0.2) is 5.82 Å². The topological polar surface area (TPSA) is 134 Å². The Kier molecular flexibility index (Phi) is 6.95. The lowest BCUT2D eigenvalue weighted by atomic mass is 9.91. The summed E-state index contributed by atoms with van der Waals surface area (Å²) in [4.78, 5) is 29.4. The number of nitrogens with one attached hydrogen (secondary N) is 3. The number of nitrogens with zero attached hydrogens (tertiary/aromatic N) is 3. The number of hydrogen-bond donors (Lipinski definition) is 4. The average Bonchev–Trinajstić information content (AvgIpc) is 3.63. The van der Waals surface area contributed by atoms with Gasteiger partial charge in [0.2, 0.25) is 18.1 Å². The number of anilines is 1. The van der Waals surface area contributed by atoms with Crippen LogP contribution in [0.1, 0.15) is 31.9 Å². The number of imidazole rings is 1. The van der Waals surface area contributed by atoms with Gasteiger partial charge in [-0.15, -0.1) is 0 Å². The molecule has 1 aliphatic heterocycles. The summed E-state index contributed by atoms with van der Waals surface area (Å²) < 4.78 is 25.4. The Labute approximate surface area is 207 Å². The zero-order valence-corrected chi connectivity index (χ0v) is 20.0. The lowest BCUT2D eigenvalue weighted by Crippen LogP contribution is -2.49. The monoisotopic (exact) mass is 496 g/mol. The third-order valence-electron chi connectivity index (χ3n) is 6.27. The number of aliphatic hydroxyl groups excluding tert-OH is 1. The first-order valence-electron chi connectivity index (χ1n) is 12.0. The highest BCUT2D eigenvalue weighted by molar-refractivity contribution is 5.82. The van der Waals surface area contributed by atoms with Crippen LogP contribution in [0.25, 0.3) is 22.6 Å². The van der Waals surface area contributed by atoms with Gasteiger partial charge in [0.05, 0.1) is 42.3 Å². The van der Waals surface area contributed by atoms with Crippen LogP contribution in [-0.4, -0.2) is 63.9 Å². The van der Waals surface area contributed by atoms with E-state index in [2.05, 4.69) is 25.6 Å². The number of halogens is 1. The summed E-state index contributed by atoms with van der Waals surface area (Å²) in [5.74, 6) is 1.00. The molecule has 11 heteroatoms. The molecule has 10 nitrogen and oxygen atoms in total. The van der Waals surface area contributed by atoms with E-state index in [1.165, 1.54) is 25.0 Å². The van der Waals surface area contributed by atoms with Crippen LogP contribution >= 0.6 is 0 Å². The van der Waals surface area contributed by atoms with E-state index in [-0.39, 0.29) is 38.1 Å². The largest absolute Gasteiger partial charge is 0.395 e. The van der Waals surface area contributed by atoms with Gasteiger partial charge in [0.1, 0.15) is 5.82 Å². The number of aliphatic hydroxyl groups is 1. The molecular formula is C25H29FN6O4. The van der Waals surface area contributed by atoms with Gasteiger partial charge < -0.3 is 30.2 Å². The van der Waals surface area contributed by atoms with E-state index in [1.807, 2.05) is 0 Å². The van der Waals surface area contributed by atoms with Crippen molar-refractivity contribution in [3.05, 3.63) is 48.2 Å². The van der Waals surface area contributed by atoms with Gasteiger partial charge >= 0.3 is 0 Å². The van der Waals surface area contributed by atoms with Crippen LogP contribution in [0.3, 0.4) is 0 Å². The molecule has 2 aromatic heterocycles. The maximum Gasteiger partial charge on any atom is 0.230 e. The van der Waals surface area contributed by atoms with Crippen LogP contribution in [0.15, 0.2) is 36.5 Å². The number of carbonyl (C=O) groups excluding carboxylic acids is 1. The first-order chi connectivity index (χ1) is 17.4. The summed E-state index contributed by atoms with van der Waals surface area (Å²) in [5, 5.41) is 14.9. The number of hydrogen-bond acceptors (Lipinski definition) is 8. The lowest BCUT2D eigenvalue weighted by Gasteiger charge is -2.35. The molecule has 190 valence electrons. The number of carbonyl (C=O) groups is 1. The number of amides is 1. The molecule has 1 saturated heterocycles. The molecule has 1 amide bonds. The van der Waals surface area contributed by atoms with Crippen molar-refractivity contribution in [3.63, 3.8) is 0 Å². The Balaban J connectivity index is 1.41. The molecule has 0 spiro atoms. The Hall–Kier alpha value is -3.41. The number of aromatic nitrogens is 4. The Morgan fingerprint density at radius 2 is 1.94 bits per heavy atom. The molecule has 0 radical (unpaired) electrons. The van der Waals surface area contributed by atoms with Crippen LogP contribution in [0.5, 0.6) is 0 Å². The second-order valence-corrected chi connectivity index (χ2v) is 9.44. The molecule has 1 saturated carbocycles. The third-order valence-corrected chi connectivity index (χ3v) is 6.27. The Bertz CT molecular complexity index is 1210. The molecule has 0 bridgehead atoms. The van der Waals surface area contributed by atoms with E-state index in [1.54, 1.807) is 31.3 Å². The van der Waals surface area contributed by atoms with Crippen LogP contribution in [0.2, 0.25) is 0 Å². The van der Waals surface area contributed by atoms with Gasteiger partial charge in [0.25, 0.3) is 0 Å². The standard InChI is InChI=1S/C25H29FN6O4/c1-25(23(34)27-10-11-33)13-35-22(36-14-25)21-31-19(16-4-6-17(26)7-5-16)20(32-21)18-8-9-28-24(30-18)29-12-15-2-3-15/h4-9,15,22,33H,2-3,10-14H2,1H3,(H,27,34)(H,31,32)(H,28,29,30). The summed E-state index contributed by atoms with van der Waals surface area (Å²) >= 11 is 0. The number of ether oxygens (including phenoxy) is 2. The van der Waals surface area contributed by atoms with Crippen molar-refractivity contribution in [2.45, 2.75) is 26.1 Å². The first-order valence-corrected chi connectivity index (χ1v) is 12.0. The van der Waals surface area contributed by atoms with E-state index in [4.69, 9.17) is 19.6 Å². The molecule has 36 heavy (non-hydrogen) atoms. The maximum absolute atomic E-state index is 13.6. The third kappa shape index (κ3) is 5.38. The highest BCUT2D eigenvalue weighted by Gasteiger charge is 2.40. The molecular weight excluding hydrogens is 467 g/mol. The summed E-state index contributed by atoms with van der Waals surface area (Å²) in [6.45, 7) is 2.81. The molecule has 2 fully saturated rings. The van der Waals surface area contributed by atoms with Crippen LogP contribution in [-0.2, 0) is 14.3 Å². The molecule has 3 heterocycles. The minimum Gasteiger partial charge on any atom is -0.395 e. The number of rotatable bonds is 9. The van der Waals surface area contributed by atoms with E-state index >= 15 is 0 Å². The van der Waals surface area contributed by atoms with Gasteiger partial charge in [-0.25, -0.2) is 19.3 Å².